The van der Waals surface area contributed by atoms with Crippen molar-refractivity contribution in [2.45, 2.75) is 48.3 Å². The second kappa shape index (κ2) is 10.1. The minimum Gasteiger partial charge on any atom is -0.381 e. The van der Waals surface area contributed by atoms with Gasteiger partial charge in [-0.25, -0.2) is 12.8 Å². The van der Waals surface area contributed by atoms with Gasteiger partial charge in [-0.05, 0) is 36.1 Å². The smallest absolute Gasteiger partial charge is 0.243 e. The van der Waals surface area contributed by atoms with E-state index in [1.165, 1.54) is 6.07 Å². The fourth-order valence-electron chi connectivity index (χ4n) is 4.94. The van der Waals surface area contributed by atoms with Crippen LogP contribution in [0.5, 0.6) is 0 Å². The monoisotopic (exact) mass is 490 g/mol. The van der Waals surface area contributed by atoms with Crippen molar-refractivity contribution < 1.29 is 27.1 Å². The number of nitrogens with two attached hydrogens (primary N) is 1. The quantitative estimate of drug-likeness (QED) is 0.617. The molecule has 2 aromatic carbocycles. The largest absolute Gasteiger partial charge is 0.381 e. The Morgan fingerprint density at radius 1 is 1.21 bits per heavy atom. The van der Waals surface area contributed by atoms with Crippen LogP contribution in [0.15, 0.2) is 48.5 Å². The summed E-state index contributed by atoms with van der Waals surface area (Å²) in [4.78, 5) is 11.3. The van der Waals surface area contributed by atoms with Gasteiger partial charge in [-0.1, -0.05) is 42.5 Å². The van der Waals surface area contributed by atoms with E-state index in [2.05, 4.69) is 5.32 Å². The Labute approximate surface area is 199 Å². The van der Waals surface area contributed by atoms with Gasteiger partial charge in [-0.2, -0.15) is 0 Å². The molecule has 1 unspecified atom stereocenters. The highest BCUT2D eigenvalue weighted by Gasteiger charge is 2.43. The van der Waals surface area contributed by atoms with E-state index in [0.717, 1.165) is 5.56 Å². The van der Waals surface area contributed by atoms with Gasteiger partial charge in [0.15, 0.2) is 9.84 Å². The lowest BCUT2D eigenvalue weighted by molar-refractivity contribution is -0.143. The fraction of sp³-hybridized carbons (Fsp3) is 0.480. The summed E-state index contributed by atoms with van der Waals surface area (Å²) in [5.74, 6) is -1.09. The number of hydrogen-bond acceptors (Lipinski definition) is 6. The van der Waals surface area contributed by atoms with E-state index in [-0.39, 0.29) is 19.1 Å². The Balaban J connectivity index is 1.59. The van der Waals surface area contributed by atoms with Crippen LogP contribution in [0.25, 0.3) is 0 Å². The third kappa shape index (κ3) is 5.02. The molecule has 7 nitrogen and oxygen atoms in total. The average Bonchev–Trinajstić information content (AvgIpc) is 2.82. The summed E-state index contributed by atoms with van der Waals surface area (Å²) in [6.45, 7) is 2.73. The molecule has 3 N–H and O–H groups in total. The number of amides is 1. The summed E-state index contributed by atoms with van der Waals surface area (Å²) in [5, 5.41) is 1.85. The Morgan fingerprint density at radius 2 is 1.91 bits per heavy atom. The Kier molecular flexibility index (Phi) is 7.37. The number of rotatable bonds is 7. The maximum absolute atomic E-state index is 15.3. The molecular formula is C25H31FN2O5S. The molecule has 0 bridgehead atoms. The lowest BCUT2D eigenvalue weighted by Crippen LogP contribution is -2.53. The Morgan fingerprint density at radius 3 is 2.56 bits per heavy atom. The van der Waals surface area contributed by atoms with Crippen molar-refractivity contribution in [1.82, 2.24) is 5.32 Å². The summed E-state index contributed by atoms with van der Waals surface area (Å²) < 4.78 is 53.6. The summed E-state index contributed by atoms with van der Waals surface area (Å²) in [6.07, 6.45) is 0.996. The highest BCUT2D eigenvalue weighted by Crippen LogP contribution is 2.38. The van der Waals surface area contributed by atoms with Gasteiger partial charge in [0.1, 0.15) is 12.4 Å². The van der Waals surface area contributed by atoms with Crippen molar-refractivity contribution in [3.8, 4) is 0 Å². The first-order chi connectivity index (χ1) is 16.2. The predicted octanol–water partition coefficient (Wildman–Crippen LogP) is 2.39. The van der Waals surface area contributed by atoms with Crippen LogP contribution in [0.3, 0.4) is 0 Å². The number of primary amides is 1. The maximum Gasteiger partial charge on any atom is 0.243 e. The maximum atomic E-state index is 15.3. The van der Waals surface area contributed by atoms with Crippen molar-refractivity contribution in [3.63, 3.8) is 0 Å². The normalized spacial score (nSPS) is 26.1. The number of benzene rings is 2. The molecule has 3 atom stereocenters. The van der Waals surface area contributed by atoms with Crippen LogP contribution >= 0.6 is 0 Å². The summed E-state index contributed by atoms with van der Waals surface area (Å²) in [7, 11) is -3.56. The van der Waals surface area contributed by atoms with E-state index in [1.807, 2.05) is 37.3 Å². The number of halogens is 1. The molecule has 2 aliphatic rings. The zero-order valence-electron chi connectivity index (χ0n) is 19.2. The van der Waals surface area contributed by atoms with Gasteiger partial charge in [-0.15, -0.1) is 0 Å². The zero-order chi connectivity index (χ0) is 24.3. The first-order valence-electron chi connectivity index (χ1n) is 11.5. The van der Waals surface area contributed by atoms with E-state index in [1.54, 1.807) is 12.1 Å². The van der Waals surface area contributed by atoms with Crippen molar-refractivity contribution in [1.29, 1.82) is 0 Å². The molecule has 4 rings (SSSR count). The molecule has 0 aliphatic carbocycles. The van der Waals surface area contributed by atoms with Gasteiger partial charge in [0.2, 0.25) is 5.91 Å². The molecule has 2 saturated heterocycles. The number of hydrogen-bond donors (Lipinski definition) is 2. The van der Waals surface area contributed by atoms with Crippen molar-refractivity contribution in [2.24, 2.45) is 5.73 Å². The minimum absolute atomic E-state index is 0.0597. The lowest BCUT2D eigenvalue weighted by atomic mass is 9.85. The third-order valence-corrected chi connectivity index (χ3v) is 9.62. The Bertz CT molecular complexity index is 1120. The Hall–Kier alpha value is -2.33. The number of carbonyl (C=O) groups excluding carboxylic acids is 1. The molecule has 0 radical (unpaired) electrons. The molecule has 184 valence electrons. The summed E-state index contributed by atoms with van der Waals surface area (Å²) in [6, 6.07) is 13.6. The SMILES string of the molecule is C[C@@H]1NC[C@@H](c2ccccc2)S(=O)(=O)C1Cc1ccc(C2(OCC(N)=O)CCOCC2)cc1F. The van der Waals surface area contributed by atoms with E-state index in [4.69, 9.17) is 15.2 Å². The molecule has 2 aromatic rings. The topological polar surface area (TPSA) is 108 Å². The molecule has 2 aliphatic heterocycles. The van der Waals surface area contributed by atoms with Crippen LogP contribution in [-0.4, -0.2) is 52.0 Å². The van der Waals surface area contributed by atoms with Crippen LogP contribution in [0.1, 0.15) is 41.7 Å². The van der Waals surface area contributed by atoms with Gasteiger partial charge in [0.05, 0.1) is 16.1 Å². The van der Waals surface area contributed by atoms with Crippen LogP contribution in [-0.2, 0) is 36.1 Å². The second-order valence-electron chi connectivity index (χ2n) is 9.10. The van der Waals surface area contributed by atoms with E-state index in [0.29, 0.717) is 43.7 Å². The molecule has 2 heterocycles. The van der Waals surface area contributed by atoms with E-state index < -0.39 is 37.7 Å². The van der Waals surface area contributed by atoms with E-state index in [9.17, 15) is 13.2 Å². The summed E-state index contributed by atoms with van der Waals surface area (Å²) in [5.41, 5.74) is 6.06. The van der Waals surface area contributed by atoms with Crippen LogP contribution in [0.4, 0.5) is 4.39 Å². The molecule has 0 aromatic heterocycles. The molecule has 9 heteroatoms. The van der Waals surface area contributed by atoms with Crippen molar-refractivity contribution in [3.05, 3.63) is 71.0 Å². The van der Waals surface area contributed by atoms with Gasteiger partial charge in [0.25, 0.3) is 0 Å². The molecule has 0 saturated carbocycles. The number of sulfone groups is 1. The number of carbonyl (C=O) groups is 1. The molecule has 1 amide bonds. The third-order valence-electron chi connectivity index (χ3n) is 6.96. The minimum atomic E-state index is -3.56. The van der Waals surface area contributed by atoms with Crippen molar-refractivity contribution >= 4 is 15.7 Å². The van der Waals surface area contributed by atoms with Crippen LogP contribution < -0.4 is 11.1 Å². The first kappa shape index (κ1) is 24.8. The molecular weight excluding hydrogens is 459 g/mol. The van der Waals surface area contributed by atoms with Gasteiger partial charge >= 0.3 is 0 Å². The van der Waals surface area contributed by atoms with Gasteiger partial charge < -0.3 is 20.5 Å². The predicted molar refractivity (Wildman–Crippen MR) is 126 cm³/mol. The number of ether oxygens (including phenoxy) is 2. The zero-order valence-corrected chi connectivity index (χ0v) is 20.0. The highest BCUT2D eigenvalue weighted by atomic mass is 32.2. The lowest BCUT2D eigenvalue weighted by Gasteiger charge is -2.38. The molecule has 2 fully saturated rings. The van der Waals surface area contributed by atoms with Gasteiger partial charge in [-0.3, -0.25) is 4.79 Å². The standard InChI is InChI=1S/C25H31FN2O5S/c1-17-22(34(30,31)23(15-28-17)18-5-3-2-4-6-18)13-19-7-8-20(14-21(19)26)25(33-16-24(27)29)9-11-32-12-10-25/h2-8,14,17,22-23,28H,9-13,15-16H2,1H3,(H2,27,29)/t17-,22?,23-/m0/s1. The van der Waals surface area contributed by atoms with E-state index >= 15 is 4.39 Å². The summed E-state index contributed by atoms with van der Waals surface area (Å²) >= 11 is 0. The molecule has 34 heavy (non-hydrogen) atoms. The molecule has 0 spiro atoms. The fourth-order valence-corrected chi connectivity index (χ4v) is 7.31. The number of nitrogens with one attached hydrogen (secondary N) is 1. The second-order valence-corrected chi connectivity index (χ2v) is 11.4. The van der Waals surface area contributed by atoms with Crippen LogP contribution in [0.2, 0.25) is 0 Å². The van der Waals surface area contributed by atoms with Crippen LogP contribution in [0, 0.1) is 5.82 Å². The van der Waals surface area contributed by atoms with Gasteiger partial charge in [0, 0.05) is 38.6 Å². The average molecular weight is 491 g/mol. The highest BCUT2D eigenvalue weighted by molar-refractivity contribution is 7.92. The van der Waals surface area contributed by atoms with Crippen molar-refractivity contribution in [2.75, 3.05) is 26.4 Å². The first-order valence-corrected chi connectivity index (χ1v) is 13.1.